The molecule has 4 rings (SSSR count). The van der Waals surface area contributed by atoms with Gasteiger partial charge in [0.05, 0.1) is 6.20 Å². The number of nitrogens with zero attached hydrogens (tertiary/aromatic N) is 8. The van der Waals surface area contributed by atoms with E-state index in [0.29, 0.717) is 23.0 Å². The Morgan fingerprint density at radius 1 is 1.19 bits per heavy atom. The first-order chi connectivity index (χ1) is 13.0. The standard InChI is InChI=1S/C18H24N8O/c1-12-9-15(20-11-19-12)23(2)13-5-7-26(8-6-13)18-22-16-14(10-21-25(16)4)17(27)24(18)3/h9-11,13H,5-8H2,1-4H3. The van der Waals surface area contributed by atoms with Crippen LogP contribution in [0.15, 0.2) is 23.4 Å². The summed E-state index contributed by atoms with van der Waals surface area (Å²) in [6.07, 6.45) is 5.14. The molecule has 3 aromatic rings. The summed E-state index contributed by atoms with van der Waals surface area (Å²) in [5, 5.41) is 4.72. The normalized spacial score (nSPS) is 15.5. The van der Waals surface area contributed by atoms with Crippen LogP contribution in [0.4, 0.5) is 11.8 Å². The Balaban J connectivity index is 1.54. The van der Waals surface area contributed by atoms with Crippen molar-refractivity contribution in [3.8, 4) is 0 Å². The molecule has 1 aliphatic rings. The van der Waals surface area contributed by atoms with E-state index in [9.17, 15) is 4.79 Å². The van der Waals surface area contributed by atoms with Gasteiger partial charge in [0.1, 0.15) is 17.5 Å². The van der Waals surface area contributed by atoms with E-state index in [1.54, 1.807) is 28.8 Å². The second kappa shape index (κ2) is 6.64. The van der Waals surface area contributed by atoms with Crippen molar-refractivity contribution in [2.75, 3.05) is 29.9 Å². The highest BCUT2D eigenvalue weighted by Gasteiger charge is 2.26. The lowest BCUT2D eigenvalue weighted by Crippen LogP contribution is -2.45. The topological polar surface area (TPSA) is 85.0 Å². The monoisotopic (exact) mass is 368 g/mol. The van der Waals surface area contributed by atoms with Crippen LogP contribution in [0.5, 0.6) is 0 Å². The molecule has 142 valence electrons. The third-order valence-corrected chi connectivity index (χ3v) is 5.39. The minimum Gasteiger partial charge on any atom is -0.356 e. The molecular weight excluding hydrogens is 344 g/mol. The third kappa shape index (κ3) is 3.02. The number of hydrogen-bond acceptors (Lipinski definition) is 7. The average molecular weight is 368 g/mol. The average Bonchev–Trinajstić information content (AvgIpc) is 3.05. The van der Waals surface area contributed by atoms with Gasteiger partial charge in [-0.1, -0.05) is 0 Å². The predicted molar refractivity (Wildman–Crippen MR) is 104 cm³/mol. The van der Waals surface area contributed by atoms with Crippen molar-refractivity contribution >= 4 is 22.8 Å². The van der Waals surface area contributed by atoms with Crippen LogP contribution in [0, 0.1) is 6.92 Å². The summed E-state index contributed by atoms with van der Waals surface area (Å²) < 4.78 is 3.28. The van der Waals surface area contributed by atoms with Crippen molar-refractivity contribution in [2.45, 2.75) is 25.8 Å². The molecule has 1 fully saturated rings. The van der Waals surface area contributed by atoms with E-state index in [4.69, 9.17) is 4.98 Å². The summed E-state index contributed by atoms with van der Waals surface area (Å²) in [6, 6.07) is 2.40. The van der Waals surface area contributed by atoms with Crippen LogP contribution in [0.25, 0.3) is 11.0 Å². The van der Waals surface area contributed by atoms with Crippen LogP contribution >= 0.6 is 0 Å². The number of aromatic nitrogens is 6. The van der Waals surface area contributed by atoms with E-state index in [-0.39, 0.29) is 5.56 Å². The van der Waals surface area contributed by atoms with Crippen LogP contribution in [-0.4, -0.2) is 55.5 Å². The molecule has 3 aromatic heterocycles. The van der Waals surface area contributed by atoms with Gasteiger partial charge in [0.15, 0.2) is 5.65 Å². The lowest BCUT2D eigenvalue weighted by Gasteiger charge is -2.38. The zero-order chi connectivity index (χ0) is 19.1. The molecule has 9 heteroatoms. The molecule has 1 saturated heterocycles. The van der Waals surface area contributed by atoms with Crippen LogP contribution in [-0.2, 0) is 14.1 Å². The Hall–Kier alpha value is -2.97. The SMILES string of the molecule is Cc1cc(N(C)C2CCN(c3nc4c(cnn4C)c(=O)n3C)CC2)ncn1. The first-order valence-electron chi connectivity index (χ1n) is 9.11. The molecule has 0 radical (unpaired) electrons. The van der Waals surface area contributed by atoms with Crippen molar-refractivity contribution in [1.29, 1.82) is 0 Å². The van der Waals surface area contributed by atoms with E-state index >= 15 is 0 Å². The van der Waals surface area contributed by atoms with Crippen molar-refractivity contribution < 1.29 is 0 Å². The molecule has 0 spiro atoms. The van der Waals surface area contributed by atoms with E-state index in [0.717, 1.165) is 37.4 Å². The molecule has 0 aliphatic carbocycles. The van der Waals surface area contributed by atoms with E-state index in [2.05, 4.69) is 31.9 Å². The highest BCUT2D eigenvalue weighted by Crippen LogP contribution is 2.23. The van der Waals surface area contributed by atoms with Crippen molar-refractivity contribution in [1.82, 2.24) is 29.3 Å². The maximum Gasteiger partial charge on any atom is 0.265 e. The molecular formula is C18H24N8O. The maximum atomic E-state index is 12.6. The molecule has 1 aliphatic heterocycles. The first kappa shape index (κ1) is 17.4. The minimum absolute atomic E-state index is 0.0567. The molecule has 0 atom stereocenters. The molecule has 9 nitrogen and oxygen atoms in total. The number of anilines is 2. The van der Waals surface area contributed by atoms with Crippen molar-refractivity contribution in [3.63, 3.8) is 0 Å². The summed E-state index contributed by atoms with van der Waals surface area (Å²) in [4.78, 5) is 30.3. The second-order valence-electron chi connectivity index (χ2n) is 7.13. The van der Waals surface area contributed by atoms with Crippen LogP contribution in [0.2, 0.25) is 0 Å². The molecule has 27 heavy (non-hydrogen) atoms. The van der Waals surface area contributed by atoms with Gasteiger partial charge in [-0.3, -0.25) is 14.0 Å². The van der Waals surface area contributed by atoms with Crippen LogP contribution in [0.3, 0.4) is 0 Å². The van der Waals surface area contributed by atoms with E-state index < -0.39 is 0 Å². The largest absolute Gasteiger partial charge is 0.356 e. The Bertz CT molecular complexity index is 1030. The molecule has 0 unspecified atom stereocenters. The van der Waals surface area contributed by atoms with Crippen molar-refractivity contribution in [2.24, 2.45) is 14.1 Å². The highest BCUT2D eigenvalue weighted by molar-refractivity contribution is 5.74. The number of aryl methyl sites for hydroxylation is 2. The zero-order valence-electron chi connectivity index (χ0n) is 16.1. The number of piperidine rings is 1. The van der Waals surface area contributed by atoms with Gasteiger partial charge in [0, 0.05) is 52.0 Å². The van der Waals surface area contributed by atoms with Gasteiger partial charge in [-0.05, 0) is 19.8 Å². The van der Waals surface area contributed by atoms with E-state index in [1.165, 1.54) is 0 Å². The van der Waals surface area contributed by atoms with Gasteiger partial charge in [0.2, 0.25) is 5.95 Å². The highest BCUT2D eigenvalue weighted by atomic mass is 16.1. The Kier molecular flexibility index (Phi) is 4.29. The molecule has 0 aromatic carbocycles. The van der Waals surface area contributed by atoms with Gasteiger partial charge < -0.3 is 9.80 Å². The van der Waals surface area contributed by atoms with E-state index in [1.807, 2.05) is 20.0 Å². The minimum atomic E-state index is -0.0567. The lowest BCUT2D eigenvalue weighted by atomic mass is 10.0. The van der Waals surface area contributed by atoms with Crippen molar-refractivity contribution in [3.05, 3.63) is 34.6 Å². The molecule has 0 bridgehead atoms. The smallest absolute Gasteiger partial charge is 0.265 e. The second-order valence-corrected chi connectivity index (χ2v) is 7.13. The molecule has 0 amide bonds. The number of fused-ring (bicyclic) bond motifs is 1. The Morgan fingerprint density at radius 3 is 2.63 bits per heavy atom. The van der Waals surface area contributed by atoms with Gasteiger partial charge in [0.25, 0.3) is 5.56 Å². The van der Waals surface area contributed by atoms with Crippen LogP contribution < -0.4 is 15.4 Å². The Labute approximate surface area is 157 Å². The quantitative estimate of drug-likeness (QED) is 0.678. The third-order valence-electron chi connectivity index (χ3n) is 5.39. The summed E-state index contributed by atoms with van der Waals surface area (Å²) in [5.74, 6) is 1.65. The first-order valence-corrected chi connectivity index (χ1v) is 9.11. The molecule has 0 N–H and O–H groups in total. The predicted octanol–water partition coefficient (Wildman–Crippen LogP) is 0.871. The number of hydrogen-bond donors (Lipinski definition) is 0. The van der Waals surface area contributed by atoms with Gasteiger partial charge >= 0.3 is 0 Å². The summed E-state index contributed by atoms with van der Waals surface area (Å²) in [7, 11) is 5.67. The van der Waals surface area contributed by atoms with Gasteiger partial charge in [-0.2, -0.15) is 10.1 Å². The fourth-order valence-electron chi connectivity index (χ4n) is 3.71. The summed E-state index contributed by atoms with van der Waals surface area (Å²) in [5.41, 5.74) is 1.54. The number of rotatable bonds is 3. The zero-order valence-corrected chi connectivity index (χ0v) is 16.1. The molecule has 0 saturated carbocycles. The summed E-state index contributed by atoms with van der Waals surface area (Å²) >= 11 is 0. The Morgan fingerprint density at radius 2 is 1.93 bits per heavy atom. The van der Waals surface area contributed by atoms with Crippen LogP contribution in [0.1, 0.15) is 18.5 Å². The lowest BCUT2D eigenvalue weighted by molar-refractivity contribution is 0.471. The summed E-state index contributed by atoms with van der Waals surface area (Å²) in [6.45, 7) is 3.65. The van der Waals surface area contributed by atoms with Gasteiger partial charge in [-0.15, -0.1) is 0 Å². The van der Waals surface area contributed by atoms with Gasteiger partial charge in [-0.25, -0.2) is 9.97 Å². The molecule has 4 heterocycles. The fraction of sp³-hybridized carbons (Fsp3) is 0.500. The maximum absolute atomic E-state index is 12.6. The fourth-order valence-corrected chi connectivity index (χ4v) is 3.71.